The summed E-state index contributed by atoms with van der Waals surface area (Å²) in [6, 6.07) is 9.08. The van der Waals surface area contributed by atoms with E-state index in [4.69, 9.17) is 11.6 Å². The number of benzene rings is 1. The number of nitrogens with zero attached hydrogens (tertiary/aromatic N) is 3. The second-order valence-corrected chi connectivity index (χ2v) is 4.73. The number of hydrogen-bond acceptors (Lipinski definition) is 2. The number of pyridine rings is 1. The fraction of sp³-hybridized carbons (Fsp3) is 0.143. The van der Waals surface area contributed by atoms with Crippen LogP contribution in [-0.2, 0) is 12.1 Å². The van der Waals surface area contributed by atoms with Gasteiger partial charge in [-0.1, -0.05) is 24.3 Å². The molecule has 21 heavy (non-hydrogen) atoms. The van der Waals surface area contributed by atoms with Crippen LogP contribution in [0.4, 0.5) is 13.2 Å². The average Bonchev–Trinajstić information content (AvgIpc) is 2.95. The van der Waals surface area contributed by atoms with Crippen LogP contribution in [0, 0.1) is 0 Å². The fourth-order valence-corrected chi connectivity index (χ4v) is 2.20. The van der Waals surface area contributed by atoms with Crippen LogP contribution < -0.4 is 0 Å². The maximum atomic E-state index is 12.7. The Morgan fingerprint density at radius 3 is 2.62 bits per heavy atom. The van der Waals surface area contributed by atoms with E-state index >= 15 is 0 Å². The van der Waals surface area contributed by atoms with Gasteiger partial charge in [0.2, 0.25) is 0 Å². The van der Waals surface area contributed by atoms with Crippen LogP contribution in [0.1, 0.15) is 11.3 Å². The molecule has 3 nitrogen and oxygen atoms in total. The topological polar surface area (TPSA) is 30.7 Å². The monoisotopic (exact) mass is 311 g/mol. The summed E-state index contributed by atoms with van der Waals surface area (Å²) in [6.45, 7) is 0. The van der Waals surface area contributed by atoms with Gasteiger partial charge in [-0.3, -0.25) is 0 Å². The first-order valence-corrected chi connectivity index (χ1v) is 6.59. The van der Waals surface area contributed by atoms with Gasteiger partial charge in [0.25, 0.3) is 0 Å². The lowest BCUT2D eigenvalue weighted by molar-refractivity contribution is -0.137. The number of hydrogen-bond donors (Lipinski definition) is 0. The van der Waals surface area contributed by atoms with Gasteiger partial charge in [-0.05, 0) is 11.5 Å². The van der Waals surface area contributed by atoms with Crippen molar-refractivity contribution in [2.24, 2.45) is 0 Å². The number of fused-ring (bicyclic) bond motifs is 1. The minimum Gasteiger partial charge on any atom is -0.232 e. The molecule has 0 atom stereocenters. The summed E-state index contributed by atoms with van der Waals surface area (Å²) in [5.74, 6) is 0.504. The Labute approximate surface area is 123 Å². The van der Waals surface area contributed by atoms with Crippen molar-refractivity contribution in [1.82, 2.24) is 14.8 Å². The Kier molecular flexibility index (Phi) is 3.33. The zero-order chi connectivity index (χ0) is 15.0. The molecule has 0 fully saturated rings. The Bertz CT molecular complexity index is 796. The zero-order valence-corrected chi connectivity index (χ0v) is 11.4. The predicted octanol–water partition coefficient (Wildman–Crippen LogP) is 4.18. The van der Waals surface area contributed by atoms with E-state index in [0.717, 1.165) is 22.5 Å². The Morgan fingerprint density at radius 1 is 1.19 bits per heavy atom. The van der Waals surface area contributed by atoms with Crippen LogP contribution in [0.25, 0.3) is 16.6 Å². The van der Waals surface area contributed by atoms with Crippen molar-refractivity contribution < 1.29 is 13.2 Å². The highest BCUT2D eigenvalue weighted by Gasteiger charge is 2.32. The first kappa shape index (κ1) is 13.9. The maximum absolute atomic E-state index is 12.7. The SMILES string of the molecule is FC(F)(F)c1cnn(-c2nc(CCl)cc3ccccc23)c1. The highest BCUT2D eigenvalue weighted by Crippen LogP contribution is 2.30. The van der Waals surface area contributed by atoms with E-state index in [9.17, 15) is 13.2 Å². The molecular formula is C14H9ClF3N3. The summed E-state index contributed by atoms with van der Waals surface area (Å²) >= 11 is 5.79. The molecule has 0 saturated carbocycles. The van der Waals surface area contributed by atoms with E-state index in [2.05, 4.69) is 10.1 Å². The van der Waals surface area contributed by atoms with Gasteiger partial charge in [-0.2, -0.15) is 18.3 Å². The normalized spacial score (nSPS) is 12.0. The largest absolute Gasteiger partial charge is 0.419 e. The molecule has 7 heteroatoms. The summed E-state index contributed by atoms with van der Waals surface area (Å²) in [5, 5.41) is 5.33. The molecule has 108 valence electrons. The van der Waals surface area contributed by atoms with Gasteiger partial charge in [0.05, 0.1) is 23.3 Å². The molecule has 0 amide bonds. The van der Waals surface area contributed by atoms with Crippen molar-refractivity contribution in [2.45, 2.75) is 12.1 Å². The maximum Gasteiger partial charge on any atom is 0.419 e. The Morgan fingerprint density at radius 2 is 1.95 bits per heavy atom. The van der Waals surface area contributed by atoms with Crippen molar-refractivity contribution in [3.8, 4) is 5.82 Å². The molecule has 0 unspecified atom stereocenters. The highest BCUT2D eigenvalue weighted by molar-refractivity contribution is 6.17. The molecule has 1 aromatic carbocycles. The molecule has 3 aromatic rings. The molecule has 0 aliphatic heterocycles. The van der Waals surface area contributed by atoms with E-state index in [1.165, 1.54) is 0 Å². The van der Waals surface area contributed by atoms with Crippen molar-refractivity contribution >= 4 is 22.4 Å². The van der Waals surface area contributed by atoms with Crippen LogP contribution in [0.2, 0.25) is 0 Å². The molecule has 0 N–H and O–H groups in total. The van der Waals surface area contributed by atoms with Gasteiger partial charge in [-0.25, -0.2) is 9.67 Å². The smallest absolute Gasteiger partial charge is 0.232 e. The zero-order valence-electron chi connectivity index (χ0n) is 10.6. The molecule has 3 rings (SSSR count). The number of rotatable bonds is 2. The van der Waals surface area contributed by atoms with Gasteiger partial charge in [0.1, 0.15) is 0 Å². The standard InChI is InChI=1S/C14H9ClF3N3/c15-6-11-5-9-3-1-2-4-12(9)13(20-11)21-8-10(7-19-21)14(16,17)18/h1-5,7-8H,6H2. The van der Waals surface area contributed by atoms with Gasteiger partial charge >= 0.3 is 6.18 Å². The third-order valence-corrected chi connectivity index (χ3v) is 3.31. The van der Waals surface area contributed by atoms with Gasteiger partial charge in [-0.15, -0.1) is 11.6 Å². The van der Waals surface area contributed by atoms with E-state index in [1.54, 1.807) is 18.2 Å². The lowest BCUT2D eigenvalue weighted by atomic mass is 10.1. The first-order valence-electron chi connectivity index (χ1n) is 6.06. The van der Waals surface area contributed by atoms with E-state index in [-0.39, 0.29) is 5.88 Å². The van der Waals surface area contributed by atoms with Crippen molar-refractivity contribution in [2.75, 3.05) is 0 Å². The average molecular weight is 312 g/mol. The molecule has 2 heterocycles. The molecule has 0 bridgehead atoms. The van der Waals surface area contributed by atoms with Gasteiger partial charge in [0, 0.05) is 11.6 Å². The van der Waals surface area contributed by atoms with Crippen LogP contribution >= 0.6 is 11.6 Å². The molecule has 0 radical (unpaired) electrons. The lowest BCUT2D eigenvalue weighted by Crippen LogP contribution is -2.04. The number of aromatic nitrogens is 3. The third-order valence-electron chi connectivity index (χ3n) is 3.04. The molecule has 2 aromatic heterocycles. The van der Waals surface area contributed by atoms with Crippen LogP contribution in [0.3, 0.4) is 0 Å². The van der Waals surface area contributed by atoms with Crippen LogP contribution in [-0.4, -0.2) is 14.8 Å². The fourth-order valence-electron chi connectivity index (χ4n) is 2.06. The summed E-state index contributed by atoms with van der Waals surface area (Å²) < 4.78 is 39.2. The van der Waals surface area contributed by atoms with E-state index in [0.29, 0.717) is 16.9 Å². The van der Waals surface area contributed by atoms with Gasteiger partial charge in [0.15, 0.2) is 5.82 Å². The third kappa shape index (κ3) is 2.58. The quantitative estimate of drug-likeness (QED) is 0.665. The molecular weight excluding hydrogens is 303 g/mol. The molecule has 0 aliphatic rings. The lowest BCUT2D eigenvalue weighted by Gasteiger charge is -2.08. The number of alkyl halides is 4. The second kappa shape index (κ2) is 5.04. The first-order chi connectivity index (χ1) is 9.99. The summed E-state index contributed by atoms with van der Waals surface area (Å²) in [5.41, 5.74) is -0.237. The van der Waals surface area contributed by atoms with E-state index < -0.39 is 11.7 Å². The van der Waals surface area contributed by atoms with Crippen LogP contribution in [0.15, 0.2) is 42.7 Å². The minimum absolute atomic E-state index is 0.172. The summed E-state index contributed by atoms with van der Waals surface area (Å²) in [4.78, 5) is 4.29. The second-order valence-electron chi connectivity index (χ2n) is 4.46. The Balaban J connectivity index is 2.21. The van der Waals surface area contributed by atoms with Gasteiger partial charge < -0.3 is 0 Å². The molecule has 0 spiro atoms. The Hall–Kier alpha value is -2.08. The van der Waals surface area contributed by atoms with Crippen molar-refractivity contribution in [1.29, 1.82) is 0 Å². The van der Waals surface area contributed by atoms with Crippen molar-refractivity contribution in [3.63, 3.8) is 0 Å². The van der Waals surface area contributed by atoms with E-state index in [1.807, 2.05) is 12.1 Å². The minimum atomic E-state index is -4.43. The summed E-state index contributed by atoms with van der Waals surface area (Å²) in [6.07, 6.45) is -2.73. The molecule has 0 aliphatic carbocycles. The predicted molar refractivity (Wildman–Crippen MR) is 73.4 cm³/mol. The number of halogens is 4. The highest BCUT2D eigenvalue weighted by atomic mass is 35.5. The van der Waals surface area contributed by atoms with Crippen molar-refractivity contribution in [3.05, 3.63) is 54.0 Å². The van der Waals surface area contributed by atoms with Crippen LogP contribution in [0.5, 0.6) is 0 Å². The molecule has 0 saturated heterocycles. The summed E-state index contributed by atoms with van der Waals surface area (Å²) in [7, 11) is 0.